The minimum atomic E-state index is -0.510. The van der Waals surface area contributed by atoms with Gasteiger partial charge in [0, 0.05) is 26.7 Å². The Morgan fingerprint density at radius 3 is 2.82 bits per heavy atom. The van der Waals surface area contributed by atoms with Gasteiger partial charge in [-0.15, -0.1) is 0 Å². The molecular formula is C20H27FN4O3. The minimum absolute atomic E-state index is 0.0638. The fourth-order valence-electron chi connectivity index (χ4n) is 3.87. The summed E-state index contributed by atoms with van der Waals surface area (Å²) in [7, 11) is 1.73. The standard InChI is InChI=1S/C20H27FN4O3/c1-23(19(27)14-25-13-18(26)22-20(25)28)11-15-5-4-9-24(12-15)10-8-16-6-2-3-7-17(16)21/h2-3,6-7,15H,4-5,8-14H2,1H3,(H,22,26,28). The number of nitrogens with zero attached hydrogens (tertiary/aromatic N) is 3. The Labute approximate surface area is 164 Å². The van der Waals surface area contributed by atoms with Crippen LogP contribution in [0.3, 0.4) is 0 Å². The Morgan fingerprint density at radius 1 is 1.32 bits per heavy atom. The molecule has 1 aromatic rings. The number of halogens is 1. The number of carbonyl (C=O) groups excluding carboxylic acids is 3. The van der Waals surface area contributed by atoms with E-state index in [1.54, 1.807) is 18.0 Å². The summed E-state index contributed by atoms with van der Waals surface area (Å²) in [6, 6.07) is 6.35. The van der Waals surface area contributed by atoms with E-state index in [4.69, 9.17) is 0 Å². The predicted molar refractivity (Wildman–Crippen MR) is 102 cm³/mol. The van der Waals surface area contributed by atoms with Crippen molar-refractivity contribution < 1.29 is 18.8 Å². The summed E-state index contributed by atoms with van der Waals surface area (Å²) in [6.07, 6.45) is 2.76. The van der Waals surface area contributed by atoms with Crippen LogP contribution in [-0.4, -0.2) is 78.9 Å². The number of urea groups is 1. The molecule has 1 N–H and O–H groups in total. The SMILES string of the molecule is CN(CC1CCCN(CCc2ccccc2F)C1)C(=O)CN1CC(=O)NC1=O. The van der Waals surface area contributed by atoms with Gasteiger partial charge in [0.15, 0.2) is 0 Å². The van der Waals surface area contributed by atoms with E-state index >= 15 is 0 Å². The molecule has 0 aliphatic carbocycles. The summed E-state index contributed by atoms with van der Waals surface area (Å²) >= 11 is 0. The summed E-state index contributed by atoms with van der Waals surface area (Å²) in [4.78, 5) is 40.4. The first kappa shape index (κ1) is 20.3. The second-order valence-electron chi connectivity index (χ2n) is 7.63. The van der Waals surface area contributed by atoms with Crippen molar-refractivity contribution in [1.82, 2.24) is 20.0 Å². The summed E-state index contributed by atoms with van der Waals surface area (Å²) in [6.45, 7) is 3.11. The average molecular weight is 390 g/mol. The van der Waals surface area contributed by atoms with E-state index in [1.165, 1.54) is 11.0 Å². The average Bonchev–Trinajstić information content (AvgIpc) is 2.98. The Bertz CT molecular complexity index is 742. The second kappa shape index (κ2) is 9.14. The number of hydrogen-bond donors (Lipinski definition) is 1. The topological polar surface area (TPSA) is 73.0 Å². The highest BCUT2D eigenvalue weighted by Gasteiger charge is 2.30. The predicted octanol–water partition coefficient (Wildman–Crippen LogP) is 1.09. The van der Waals surface area contributed by atoms with Crippen LogP contribution >= 0.6 is 0 Å². The first-order valence-electron chi connectivity index (χ1n) is 9.71. The molecule has 2 saturated heterocycles. The molecule has 1 aromatic carbocycles. The van der Waals surface area contributed by atoms with Gasteiger partial charge < -0.3 is 14.7 Å². The van der Waals surface area contributed by atoms with Crippen LogP contribution in [0.4, 0.5) is 9.18 Å². The van der Waals surface area contributed by atoms with Crippen LogP contribution in [0, 0.1) is 11.7 Å². The third-order valence-electron chi connectivity index (χ3n) is 5.41. The van der Waals surface area contributed by atoms with Crippen molar-refractivity contribution >= 4 is 17.8 Å². The maximum absolute atomic E-state index is 13.8. The van der Waals surface area contributed by atoms with Crippen molar-refractivity contribution in [3.05, 3.63) is 35.6 Å². The van der Waals surface area contributed by atoms with Gasteiger partial charge >= 0.3 is 6.03 Å². The highest BCUT2D eigenvalue weighted by atomic mass is 19.1. The Hall–Kier alpha value is -2.48. The molecule has 7 nitrogen and oxygen atoms in total. The van der Waals surface area contributed by atoms with E-state index in [2.05, 4.69) is 10.2 Å². The van der Waals surface area contributed by atoms with Crippen molar-refractivity contribution in [2.24, 2.45) is 5.92 Å². The van der Waals surface area contributed by atoms with Gasteiger partial charge in [-0.05, 0) is 43.4 Å². The van der Waals surface area contributed by atoms with Gasteiger partial charge in [-0.3, -0.25) is 14.9 Å². The summed E-state index contributed by atoms with van der Waals surface area (Å²) in [5.74, 6) is -0.366. The molecule has 152 valence electrons. The molecule has 1 atom stereocenters. The van der Waals surface area contributed by atoms with Gasteiger partial charge in [-0.25, -0.2) is 9.18 Å². The highest BCUT2D eigenvalue weighted by Crippen LogP contribution is 2.18. The number of imide groups is 1. The molecule has 2 heterocycles. The number of piperidine rings is 1. The van der Waals surface area contributed by atoms with Crippen molar-refractivity contribution in [2.75, 3.05) is 46.3 Å². The number of likely N-dealkylation sites (N-methyl/N-ethyl adjacent to an activating group) is 1. The van der Waals surface area contributed by atoms with Gasteiger partial charge in [-0.2, -0.15) is 0 Å². The van der Waals surface area contributed by atoms with E-state index in [-0.39, 0.29) is 30.7 Å². The van der Waals surface area contributed by atoms with Crippen LogP contribution in [-0.2, 0) is 16.0 Å². The molecular weight excluding hydrogens is 363 g/mol. The fraction of sp³-hybridized carbons (Fsp3) is 0.550. The third kappa shape index (κ3) is 5.28. The zero-order chi connectivity index (χ0) is 20.1. The molecule has 3 rings (SSSR count). The molecule has 2 aliphatic rings. The number of rotatable bonds is 7. The van der Waals surface area contributed by atoms with Crippen molar-refractivity contribution in [3.8, 4) is 0 Å². The minimum Gasteiger partial charge on any atom is -0.344 e. The lowest BCUT2D eigenvalue weighted by Gasteiger charge is -2.35. The summed E-state index contributed by atoms with van der Waals surface area (Å²) in [5, 5.41) is 2.17. The van der Waals surface area contributed by atoms with E-state index in [9.17, 15) is 18.8 Å². The van der Waals surface area contributed by atoms with E-state index < -0.39 is 6.03 Å². The second-order valence-corrected chi connectivity index (χ2v) is 7.63. The smallest absolute Gasteiger partial charge is 0.325 e. The molecule has 0 spiro atoms. The fourth-order valence-corrected chi connectivity index (χ4v) is 3.87. The maximum atomic E-state index is 13.8. The van der Waals surface area contributed by atoms with Crippen molar-refractivity contribution in [3.63, 3.8) is 0 Å². The molecule has 28 heavy (non-hydrogen) atoms. The molecule has 0 bridgehead atoms. The third-order valence-corrected chi connectivity index (χ3v) is 5.41. The van der Waals surface area contributed by atoms with Gasteiger partial charge in [0.1, 0.15) is 18.9 Å². The maximum Gasteiger partial charge on any atom is 0.325 e. The van der Waals surface area contributed by atoms with Crippen LogP contribution in [0.1, 0.15) is 18.4 Å². The first-order valence-corrected chi connectivity index (χ1v) is 9.71. The molecule has 0 radical (unpaired) electrons. The highest BCUT2D eigenvalue weighted by molar-refractivity contribution is 6.03. The lowest BCUT2D eigenvalue weighted by Crippen LogP contribution is -2.45. The molecule has 8 heteroatoms. The number of amides is 4. The number of hydrogen-bond acceptors (Lipinski definition) is 4. The van der Waals surface area contributed by atoms with Gasteiger partial charge in [-0.1, -0.05) is 18.2 Å². The molecule has 0 aromatic heterocycles. The van der Waals surface area contributed by atoms with Gasteiger partial charge in [0.05, 0.1) is 0 Å². The zero-order valence-electron chi connectivity index (χ0n) is 16.2. The van der Waals surface area contributed by atoms with E-state index in [0.29, 0.717) is 18.9 Å². The van der Waals surface area contributed by atoms with E-state index in [0.717, 1.165) is 38.0 Å². The number of benzene rings is 1. The number of likely N-dealkylation sites (tertiary alicyclic amines) is 1. The zero-order valence-corrected chi connectivity index (χ0v) is 16.2. The summed E-state index contributed by atoms with van der Waals surface area (Å²) < 4.78 is 13.8. The monoisotopic (exact) mass is 390 g/mol. The molecule has 1 unspecified atom stereocenters. The Morgan fingerprint density at radius 2 is 2.11 bits per heavy atom. The summed E-state index contributed by atoms with van der Waals surface area (Å²) in [5.41, 5.74) is 0.732. The van der Waals surface area contributed by atoms with Gasteiger partial charge in [0.25, 0.3) is 0 Å². The van der Waals surface area contributed by atoms with Gasteiger partial charge in [0.2, 0.25) is 11.8 Å². The lowest BCUT2D eigenvalue weighted by atomic mass is 9.97. The quantitative estimate of drug-likeness (QED) is 0.708. The van der Waals surface area contributed by atoms with Crippen LogP contribution < -0.4 is 5.32 Å². The van der Waals surface area contributed by atoms with Crippen LogP contribution in [0.2, 0.25) is 0 Å². The number of nitrogens with one attached hydrogen (secondary N) is 1. The Balaban J connectivity index is 1.44. The molecule has 2 aliphatic heterocycles. The van der Waals surface area contributed by atoms with Crippen LogP contribution in [0.25, 0.3) is 0 Å². The van der Waals surface area contributed by atoms with E-state index in [1.807, 2.05) is 12.1 Å². The van der Waals surface area contributed by atoms with Crippen molar-refractivity contribution in [1.29, 1.82) is 0 Å². The first-order chi connectivity index (χ1) is 13.4. The van der Waals surface area contributed by atoms with Crippen LogP contribution in [0.5, 0.6) is 0 Å². The normalized spacial score (nSPS) is 20.4. The largest absolute Gasteiger partial charge is 0.344 e. The van der Waals surface area contributed by atoms with Crippen LogP contribution in [0.15, 0.2) is 24.3 Å². The number of carbonyl (C=O) groups is 3. The molecule has 2 fully saturated rings. The lowest BCUT2D eigenvalue weighted by molar-refractivity contribution is -0.131. The van der Waals surface area contributed by atoms with Crippen molar-refractivity contribution in [2.45, 2.75) is 19.3 Å². The molecule has 4 amide bonds. The molecule has 0 saturated carbocycles. The Kier molecular flexibility index (Phi) is 6.61.